The normalized spacial score (nSPS) is 9.82. The second-order valence-electron chi connectivity index (χ2n) is 4.68. The third-order valence-corrected chi connectivity index (χ3v) is 3.04. The molecule has 0 amide bonds. The highest BCUT2D eigenvalue weighted by Crippen LogP contribution is 2.11. The molecule has 2 aromatic carbocycles. The first-order chi connectivity index (χ1) is 10.8. The summed E-state index contributed by atoms with van der Waals surface area (Å²) >= 11 is 0. The van der Waals surface area contributed by atoms with E-state index in [9.17, 15) is 4.79 Å². The Morgan fingerprint density at radius 1 is 1.00 bits per heavy atom. The molecule has 0 aliphatic carbocycles. The first-order valence-corrected chi connectivity index (χ1v) is 7.23. The van der Waals surface area contributed by atoms with E-state index in [1.54, 1.807) is 6.08 Å². The third-order valence-electron chi connectivity index (χ3n) is 3.04. The van der Waals surface area contributed by atoms with Crippen molar-refractivity contribution in [3.63, 3.8) is 0 Å². The van der Waals surface area contributed by atoms with Gasteiger partial charge in [-0.15, -0.1) is 0 Å². The maximum atomic E-state index is 11.5. The van der Waals surface area contributed by atoms with Crippen molar-refractivity contribution in [3.05, 3.63) is 84.4 Å². The molecule has 0 bridgehead atoms. The molecule has 3 nitrogen and oxygen atoms in total. The Labute approximate surface area is 131 Å². The number of aliphatic imine (C=N–C) groups is 1. The molecule has 0 saturated heterocycles. The minimum absolute atomic E-state index is 0.243. The maximum absolute atomic E-state index is 11.5. The second kappa shape index (κ2) is 8.57. The molecule has 0 atom stereocenters. The smallest absolute Gasteiger partial charge is 0.307 e. The number of hydrogen-bond acceptors (Lipinski definition) is 3. The number of hydrogen-bond donors (Lipinski definition) is 0. The largest absolute Gasteiger partial charge is 0.461 e. The van der Waals surface area contributed by atoms with E-state index in [-0.39, 0.29) is 19.0 Å². The SMILES string of the molecule is C=CCOC(=O)CCN=C(c1ccccc1)c1ccccc1. The molecule has 0 aliphatic heterocycles. The van der Waals surface area contributed by atoms with Crippen LogP contribution in [0.25, 0.3) is 0 Å². The van der Waals surface area contributed by atoms with E-state index in [1.807, 2.05) is 60.7 Å². The van der Waals surface area contributed by atoms with Gasteiger partial charge in [0.25, 0.3) is 0 Å². The van der Waals surface area contributed by atoms with Crippen LogP contribution in [0.4, 0.5) is 0 Å². The minimum atomic E-state index is -0.260. The molecule has 0 radical (unpaired) electrons. The monoisotopic (exact) mass is 293 g/mol. The maximum Gasteiger partial charge on any atom is 0.307 e. The molecular weight excluding hydrogens is 274 g/mol. The molecule has 22 heavy (non-hydrogen) atoms. The number of carbonyl (C=O) groups is 1. The molecule has 2 aromatic rings. The molecule has 112 valence electrons. The zero-order chi connectivity index (χ0) is 15.6. The Kier molecular flexibility index (Phi) is 6.12. The van der Waals surface area contributed by atoms with E-state index in [0.717, 1.165) is 16.8 Å². The van der Waals surface area contributed by atoms with Crippen LogP contribution in [-0.2, 0) is 9.53 Å². The van der Waals surface area contributed by atoms with Crippen molar-refractivity contribution in [2.75, 3.05) is 13.2 Å². The van der Waals surface area contributed by atoms with Crippen molar-refractivity contribution in [1.29, 1.82) is 0 Å². The lowest BCUT2D eigenvalue weighted by atomic mass is 10.0. The Bertz CT molecular complexity index is 591. The third kappa shape index (κ3) is 4.70. The zero-order valence-electron chi connectivity index (χ0n) is 12.4. The molecule has 0 aromatic heterocycles. The lowest BCUT2D eigenvalue weighted by Gasteiger charge is -2.07. The number of rotatable bonds is 7. The van der Waals surface area contributed by atoms with Crippen molar-refractivity contribution < 1.29 is 9.53 Å². The summed E-state index contributed by atoms with van der Waals surface area (Å²) in [5.74, 6) is -0.260. The van der Waals surface area contributed by atoms with Crippen molar-refractivity contribution >= 4 is 11.7 Å². The first-order valence-electron chi connectivity index (χ1n) is 7.23. The molecule has 0 unspecified atom stereocenters. The molecule has 0 aliphatic rings. The molecule has 3 heteroatoms. The van der Waals surface area contributed by atoms with Crippen LogP contribution >= 0.6 is 0 Å². The average Bonchev–Trinajstić information content (AvgIpc) is 2.58. The fourth-order valence-electron chi connectivity index (χ4n) is 2.02. The summed E-state index contributed by atoms with van der Waals surface area (Å²) in [5, 5.41) is 0. The number of nitrogens with zero attached hydrogens (tertiary/aromatic N) is 1. The Balaban J connectivity index is 2.13. The van der Waals surface area contributed by atoms with E-state index in [2.05, 4.69) is 11.6 Å². The van der Waals surface area contributed by atoms with E-state index < -0.39 is 0 Å². The Hall–Kier alpha value is -2.68. The molecule has 0 spiro atoms. The molecule has 0 N–H and O–H groups in total. The van der Waals surface area contributed by atoms with Crippen LogP contribution in [0.15, 0.2) is 78.3 Å². The topological polar surface area (TPSA) is 38.7 Å². The van der Waals surface area contributed by atoms with Crippen LogP contribution in [0.2, 0.25) is 0 Å². The quantitative estimate of drug-likeness (QED) is 0.444. The van der Waals surface area contributed by atoms with Gasteiger partial charge in [0.1, 0.15) is 6.61 Å². The Morgan fingerprint density at radius 3 is 2.05 bits per heavy atom. The van der Waals surface area contributed by atoms with Gasteiger partial charge in [-0.2, -0.15) is 0 Å². The van der Waals surface area contributed by atoms with Crippen LogP contribution in [-0.4, -0.2) is 24.8 Å². The highest BCUT2D eigenvalue weighted by atomic mass is 16.5. The van der Waals surface area contributed by atoms with Gasteiger partial charge in [-0.25, -0.2) is 0 Å². The summed E-state index contributed by atoms with van der Waals surface area (Å²) in [6.07, 6.45) is 1.82. The second-order valence-corrected chi connectivity index (χ2v) is 4.68. The van der Waals surface area contributed by atoms with Gasteiger partial charge in [0.05, 0.1) is 18.7 Å². The van der Waals surface area contributed by atoms with Crippen molar-refractivity contribution in [2.45, 2.75) is 6.42 Å². The Morgan fingerprint density at radius 2 is 1.55 bits per heavy atom. The van der Waals surface area contributed by atoms with Crippen molar-refractivity contribution in [3.8, 4) is 0 Å². The summed E-state index contributed by atoms with van der Waals surface area (Å²) in [6.45, 7) is 4.16. The first kappa shape index (κ1) is 15.7. The predicted octanol–water partition coefficient (Wildman–Crippen LogP) is 3.64. The van der Waals surface area contributed by atoms with Gasteiger partial charge in [-0.05, 0) is 0 Å². The highest BCUT2D eigenvalue weighted by molar-refractivity contribution is 6.12. The van der Waals surface area contributed by atoms with Crippen molar-refractivity contribution in [1.82, 2.24) is 0 Å². The van der Waals surface area contributed by atoms with Gasteiger partial charge in [0.15, 0.2) is 0 Å². The zero-order valence-corrected chi connectivity index (χ0v) is 12.4. The van der Waals surface area contributed by atoms with Gasteiger partial charge in [0, 0.05) is 11.1 Å². The fourth-order valence-corrected chi connectivity index (χ4v) is 2.02. The van der Waals surface area contributed by atoms with Gasteiger partial charge in [-0.3, -0.25) is 9.79 Å². The fraction of sp³-hybridized carbons (Fsp3) is 0.158. The predicted molar refractivity (Wildman–Crippen MR) is 89.2 cm³/mol. The van der Waals surface area contributed by atoms with E-state index >= 15 is 0 Å². The molecule has 0 fully saturated rings. The van der Waals surface area contributed by atoms with Gasteiger partial charge in [-0.1, -0.05) is 73.3 Å². The van der Waals surface area contributed by atoms with Crippen LogP contribution in [0.1, 0.15) is 17.5 Å². The highest BCUT2D eigenvalue weighted by Gasteiger charge is 2.07. The summed E-state index contributed by atoms with van der Waals surface area (Å²) in [4.78, 5) is 16.1. The summed E-state index contributed by atoms with van der Waals surface area (Å²) < 4.78 is 4.96. The minimum Gasteiger partial charge on any atom is -0.461 e. The summed E-state index contributed by atoms with van der Waals surface area (Å²) in [7, 11) is 0. The van der Waals surface area contributed by atoms with Gasteiger partial charge < -0.3 is 4.74 Å². The number of esters is 1. The molecular formula is C19H19NO2. The summed E-state index contributed by atoms with van der Waals surface area (Å²) in [6, 6.07) is 19.9. The lowest BCUT2D eigenvalue weighted by Crippen LogP contribution is -2.09. The van der Waals surface area contributed by atoms with Crippen LogP contribution in [0, 0.1) is 0 Å². The average molecular weight is 293 g/mol. The number of benzene rings is 2. The molecule has 2 rings (SSSR count). The molecule has 0 heterocycles. The number of ether oxygens (including phenoxy) is 1. The standard InChI is InChI=1S/C19H19NO2/c1-2-15-22-18(21)13-14-20-19(16-9-5-3-6-10-16)17-11-7-4-8-12-17/h2-12H,1,13-15H2. The van der Waals surface area contributed by atoms with Crippen LogP contribution in [0.3, 0.4) is 0 Å². The summed E-state index contributed by atoms with van der Waals surface area (Å²) in [5.41, 5.74) is 2.96. The van der Waals surface area contributed by atoms with Gasteiger partial charge in [0.2, 0.25) is 0 Å². The van der Waals surface area contributed by atoms with E-state index in [1.165, 1.54) is 0 Å². The molecule has 0 saturated carbocycles. The van der Waals surface area contributed by atoms with Crippen molar-refractivity contribution in [2.24, 2.45) is 4.99 Å². The van der Waals surface area contributed by atoms with E-state index in [0.29, 0.717) is 6.54 Å². The van der Waals surface area contributed by atoms with Gasteiger partial charge >= 0.3 is 5.97 Å². The van der Waals surface area contributed by atoms with Crippen LogP contribution < -0.4 is 0 Å². The van der Waals surface area contributed by atoms with Crippen LogP contribution in [0.5, 0.6) is 0 Å². The lowest BCUT2D eigenvalue weighted by molar-refractivity contribution is -0.142. The van der Waals surface area contributed by atoms with E-state index in [4.69, 9.17) is 4.74 Å². The number of carbonyl (C=O) groups excluding carboxylic acids is 1.